The third-order valence-corrected chi connectivity index (χ3v) is 2.98. The smallest absolute Gasteiger partial charge is 0.239 e. The molecule has 2 rings (SSSR count). The van der Waals surface area contributed by atoms with E-state index in [2.05, 4.69) is 10.5 Å². The summed E-state index contributed by atoms with van der Waals surface area (Å²) in [5.74, 6) is 0.565. The van der Waals surface area contributed by atoms with Crippen LogP contribution in [0.15, 0.2) is 28.8 Å². The van der Waals surface area contributed by atoms with Crippen LogP contribution in [0.5, 0.6) is 5.75 Å². The van der Waals surface area contributed by atoms with Gasteiger partial charge in [0.2, 0.25) is 5.91 Å². The maximum atomic E-state index is 13.6. The highest BCUT2D eigenvalue weighted by Crippen LogP contribution is 2.18. The number of hydrogen-bond donors (Lipinski definition) is 1. The zero-order valence-corrected chi connectivity index (χ0v) is 12.7. The van der Waals surface area contributed by atoms with Crippen molar-refractivity contribution < 1.29 is 18.4 Å². The normalized spacial score (nSPS) is 10.8. The molecule has 0 atom stereocenters. The number of benzene rings is 1. The maximum absolute atomic E-state index is 13.6. The second-order valence-corrected chi connectivity index (χ2v) is 5.01. The summed E-state index contributed by atoms with van der Waals surface area (Å²) in [6.45, 7) is 2.33. The Bertz CT molecular complexity index is 657. The molecule has 0 radical (unpaired) electrons. The van der Waals surface area contributed by atoms with Gasteiger partial charge in [0.1, 0.15) is 5.76 Å². The molecule has 7 heteroatoms. The molecule has 118 valence electrons. The van der Waals surface area contributed by atoms with Gasteiger partial charge in [-0.25, -0.2) is 4.39 Å². The molecule has 0 bridgehead atoms. The quantitative estimate of drug-likeness (QED) is 0.886. The number of methoxy groups -OCH3 is 1. The van der Waals surface area contributed by atoms with Gasteiger partial charge in [-0.15, -0.1) is 0 Å². The lowest BCUT2D eigenvalue weighted by molar-refractivity contribution is -0.117. The largest absolute Gasteiger partial charge is 0.494 e. The van der Waals surface area contributed by atoms with Crippen LogP contribution in [0.1, 0.15) is 11.3 Å². The summed E-state index contributed by atoms with van der Waals surface area (Å²) in [7, 11) is 3.19. The molecule has 2 aromatic rings. The van der Waals surface area contributed by atoms with E-state index in [0.717, 1.165) is 5.56 Å². The predicted molar refractivity (Wildman–Crippen MR) is 79.2 cm³/mol. The van der Waals surface area contributed by atoms with Crippen molar-refractivity contribution in [3.63, 3.8) is 0 Å². The van der Waals surface area contributed by atoms with E-state index in [1.54, 1.807) is 37.1 Å². The first kappa shape index (κ1) is 16.0. The number of halogens is 1. The molecule has 1 N–H and O–H groups in total. The monoisotopic (exact) mass is 307 g/mol. The van der Waals surface area contributed by atoms with Crippen LogP contribution in [0.2, 0.25) is 0 Å². The Morgan fingerprint density at radius 1 is 1.45 bits per heavy atom. The number of hydrogen-bond acceptors (Lipinski definition) is 5. The molecule has 0 unspecified atom stereocenters. The number of aryl methyl sites for hydroxylation is 1. The van der Waals surface area contributed by atoms with E-state index in [1.165, 1.54) is 13.2 Å². The van der Waals surface area contributed by atoms with Crippen LogP contribution in [-0.4, -0.2) is 36.7 Å². The van der Waals surface area contributed by atoms with E-state index in [4.69, 9.17) is 9.26 Å². The molecule has 1 heterocycles. The average Bonchev–Trinajstić information content (AvgIpc) is 2.83. The first-order valence-electron chi connectivity index (χ1n) is 6.72. The maximum Gasteiger partial charge on any atom is 0.239 e. The molecule has 0 aliphatic heterocycles. The SMILES string of the molecule is COc1ccc(CN(C)CC(=O)Nc2cc(C)on2)cc1F. The van der Waals surface area contributed by atoms with Crippen LogP contribution >= 0.6 is 0 Å². The van der Waals surface area contributed by atoms with Crippen molar-refractivity contribution in [1.29, 1.82) is 0 Å². The minimum atomic E-state index is -0.420. The Morgan fingerprint density at radius 3 is 2.82 bits per heavy atom. The van der Waals surface area contributed by atoms with Gasteiger partial charge in [0.25, 0.3) is 0 Å². The summed E-state index contributed by atoms with van der Waals surface area (Å²) in [5, 5.41) is 6.32. The highest BCUT2D eigenvalue weighted by Gasteiger charge is 2.11. The van der Waals surface area contributed by atoms with E-state index in [-0.39, 0.29) is 18.2 Å². The van der Waals surface area contributed by atoms with Crippen LogP contribution in [0.25, 0.3) is 0 Å². The summed E-state index contributed by atoms with van der Waals surface area (Å²) in [4.78, 5) is 13.6. The molecular formula is C15H18FN3O3. The number of ether oxygens (including phenoxy) is 1. The Hall–Kier alpha value is -2.41. The lowest BCUT2D eigenvalue weighted by Crippen LogP contribution is -2.29. The number of anilines is 1. The second-order valence-electron chi connectivity index (χ2n) is 5.01. The predicted octanol–water partition coefficient (Wildman–Crippen LogP) is 2.20. The first-order chi connectivity index (χ1) is 10.5. The highest BCUT2D eigenvalue weighted by molar-refractivity contribution is 5.91. The van der Waals surface area contributed by atoms with Gasteiger partial charge < -0.3 is 14.6 Å². The van der Waals surface area contributed by atoms with Gasteiger partial charge >= 0.3 is 0 Å². The summed E-state index contributed by atoms with van der Waals surface area (Å²) < 4.78 is 23.4. The van der Waals surface area contributed by atoms with Gasteiger partial charge in [0, 0.05) is 12.6 Å². The van der Waals surface area contributed by atoms with Gasteiger partial charge in [0.15, 0.2) is 17.4 Å². The fourth-order valence-corrected chi connectivity index (χ4v) is 2.03. The second kappa shape index (κ2) is 7.04. The molecule has 1 amide bonds. The van der Waals surface area contributed by atoms with Crippen LogP contribution in [0, 0.1) is 12.7 Å². The van der Waals surface area contributed by atoms with Crippen LogP contribution in [0.4, 0.5) is 10.2 Å². The summed E-state index contributed by atoms with van der Waals surface area (Å²) in [6.07, 6.45) is 0. The molecule has 0 spiro atoms. The minimum absolute atomic E-state index is 0.152. The van der Waals surface area contributed by atoms with Crippen molar-refractivity contribution in [3.05, 3.63) is 41.4 Å². The average molecular weight is 307 g/mol. The fourth-order valence-electron chi connectivity index (χ4n) is 2.03. The van der Waals surface area contributed by atoms with Crippen molar-refractivity contribution in [1.82, 2.24) is 10.1 Å². The Morgan fingerprint density at radius 2 is 2.23 bits per heavy atom. The molecule has 0 aliphatic rings. The molecule has 0 saturated carbocycles. The van der Waals surface area contributed by atoms with Crippen molar-refractivity contribution >= 4 is 11.7 Å². The van der Waals surface area contributed by atoms with Crippen molar-refractivity contribution in [2.75, 3.05) is 26.0 Å². The van der Waals surface area contributed by atoms with Gasteiger partial charge in [-0.3, -0.25) is 9.69 Å². The number of carbonyl (C=O) groups excluding carboxylic acids is 1. The summed E-state index contributed by atoms with van der Waals surface area (Å²) >= 11 is 0. The first-order valence-corrected chi connectivity index (χ1v) is 6.72. The molecule has 6 nitrogen and oxygen atoms in total. The Kier molecular flexibility index (Phi) is 5.11. The van der Waals surface area contributed by atoms with E-state index < -0.39 is 5.82 Å². The van der Waals surface area contributed by atoms with Crippen molar-refractivity contribution in [2.24, 2.45) is 0 Å². The van der Waals surface area contributed by atoms with E-state index >= 15 is 0 Å². The standard InChI is InChI=1S/C15H18FN3O3/c1-10-6-14(18-22-10)17-15(20)9-19(2)8-11-4-5-13(21-3)12(16)7-11/h4-7H,8-9H2,1-3H3,(H,17,18,20). The number of carbonyl (C=O) groups is 1. The third kappa shape index (κ3) is 4.29. The number of rotatable bonds is 6. The summed E-state index contributed by atoms with van der Waals surface area (Å²) in [6, 6.07) is 6.36. The number of likely N-dealkylation sites (N-methyl/N-ethyl adjacent to an activating group) is 1. The molecule has 0 fully saturated rings. The fraction of sp³-hybridized carbons (Fsp3) is 0.333. The van der Waals surface area contributed by atoms with Crippen LogP contribution in [-0.2, 0) is 11.3 Å². The Labute approximate surface area is 127 Å². The van der Waals surface area contributed by atoms with Gasteiger partial charge in [0.05, 0.1) is 13.7 Å². The third-order valence-electron chi connectivity index (χ3n) is 2.98. The van der Waals surface area contributed by atoms with Gasteiger partial charge in [-0.1, -0.05) is 11.2 Å². The minimum Gasteiger partial charge on any atom is -0.494 e. The number of nitrogens with one attached hydrogen (secondary N) is 1. The molecule has 0 aliphatic carbocycles. The van der Waals surface area contributed by atoms with Crippen LogP contribution < -0.4 is 10.1 Å². The number of nitrogens with zero attached hydrogens (tertiary/aromatic N) is 2. The molecular weight excluding hydrogens is 289 g/mol. The van der Waals surface area contributed by atoms with Crippen molar-refractivity contribution in [3.8, 4) is 5.75 Å². The topological polar surface area (TPSA) is 67.6 Å². The van der Waals surface area contributed by atoms with E-state index in [9.17, 15) is 9.18 Å². The van der Waals surface area contributed by atoms with Gasteiger partial charge in [-0.05, 0) is 31.7 Å². The molecule has 0 saturated heterocycles. The van der Waals surface area contributed by atoms with E-state index in [1.807, 2.05) is 0 Å². The molecule has 1 aromatic carbocycles. The van der Waals surface area contributed by atoms with Gasteiger partial charge in [-0.2, -0.15) is 0 Å². The number of amides is 1. The number of aromatic nitrogens is 1. The zero-order chi connectivity index (χ0) is 16.1. The lowest BCUT2D eigenvalue weighted by atomic mass is 10.2. The highest BCUT2D eigenvalue weighted by atomic mass is 19.1. The Balaban J connectivity index is 1.88. The van der Waals surface area contributed by atoms with Crippen LogP contribution in [0.3, 0.4) is 0 Å². The van der Waals surface area contributed by atoms with Crippen molar-refractivity contribution in [2.45, 2.75) is 13.5 Å². The lowest BCUT2D eigenvalue weighted by Gasteiger charge is -2.16. The van der Waals surface area contributed by atoms with E-state index in [0.29, 0.717) is 18.1 Å². The molecule has 1 aromatic heterocycles. The molecule has 22 heavy (non-hydrogen) atoms. The summed E-state index contributed by atoms with van der Waals surface area (Å²) in [5.41, 5.74) is 0.755. The zero-order valence-electron chi connectivity index (χ0n) is 12.7.